The van der Waals surface area contributed by atoms with Crippen LogP contribution in [-0.4, -0.2) is 35.0 Å². The molecule has 0 aliphatic rings. The second kappa shape index (κ2) is 8.63. The number of carbonyl (C=O) groups excluding carboxylic acids is 2. The summed E-state index contributed by atoms with van der Waals surface area (Å²) >= 11 is 7.18. The number of amides is 3. The van der Waals surface area contributed by atoms with E-state index in [0.29, 0.717) is 23.7 Å². The Morgan fingerprint density at radius 2 is 1.95 bits per heavy atom. The lowest BCUT2D eigenvalue weighted by molar-refractivity contribution is -0.137. The molecule has 1 aromatic rings. The number of nitrogens with one attached hydrogen (secondary N) is 1. The van der Waals surface area contributed by atoms with E-state index in [1.807, 2.05) is 6.07 Å². The maximum absolute atomic E-state index is 11.8. The van der Waals surface area contributed by atoms with Crippen molar-refractivity contribution in [1.29, 1.82) is 0 Å². The normalized spacial score (nSPS) is 10.2. The van der Waals surface area contributed by atoms with Gasteiger partial charge in [0.15, 0.2) is 0 Å². The monoisotopic (exact) mass is 332 g/mol. The van der Waals surface area contributed by atoms with Crippen LogP contribution in [0.3, 0.4) is 0 Å². The van der Waals surface area contributed by atoms with E-state index in [4.69, 9.17) is 16.7 Å². The summed E-state index contributed by atoms with van der Waals surface area (Å²) in [7, 11) is 1.58. The highest BCUT2D eigenvalue weighted by Gasteiger charge is 2.13. The van der Waals surface area contributed by atoms with Gasteiger partial charge in [-0.25, -0.2) is 4.79 Å². The predicted octanol–water partition coefficient (Wildman–Crippen LogP) is 2.71. The van der Waals surface area contributed by atoms with E-state index in [2.05, 4.69) is 5.32 Å². The van der Waals surface area contributed by atoms with Gasteiger partial charge in [-0.15, -0.1) is 11.3 Å². The summed E-state index contributed by atoms with van der Waals surface area (Å²) in [5.41, 5.74) is 0. The summed E-state index contributed by atoms with van der Waals surface area (Å²) in [5.74, 6) is -1.29. The molecule has 0 atom stereocenters. The fourth-order valence-electron chi connectivity index (χ4n) is 1.58. The summed E-state index contributed by atoms with van der Waals surface area (Å²) in [5, 5.41) is 10.7. The highest BCUT2D eigenvalue weighted by molar-refractivity contribution is 7.16. The molecule has 0 fully saturated rings. The lowest BCUT2D eigenvalue weighted by atomic mass is 10.2. The number of hydrogen-bond donors (Lipinski definition) is 2. The SMILES string of the molecule is CN(Cc1ccc(Cl)s1)C(=O)NC(=O)CCCCC(=O)O. The lowest BCUT2D eigenvalue weighted by Crippen LogP contribution is -2.40. The third-order valence-corrected chi connectivity index (χ3v) is 3.88. The van der Waals surface area contributed by atoms with Crippen LogP contribution in [0.25, 0.3) is 0 Å². The first kappa shape index (κ1) is 17.5. The van der Waals surface area contributed by atoms with Crippen molar-refractivity contribution >= 4 is 40.8 Å². The molecule has 2 N–H and O–H groups in total. The third-order valence-electron chi connectivity index (χ3n) is 2.66. The molecule has 0 unspecified atom stereocenters. The zero-order chi connectivity index (χ0) is 15.8. The van der Waals surface area contributed by atoms with Crippen molar-refractivity contribution in [2.75, 3.05) is 7.05 Å². The van der Waals surface area contributed by atoms with Gasteiger partial charge in [-0.05, 0) is 25.0 Å². The van der Waals surface area contributed by atoms with Crippen LogP contribution in [-0.2, 0) is 16.1 Å². The molecule has 0 saturated heterocycles. The van der Waals surface area contributed by atoms with Crippen molar-refractivity contribution < 1.29 is 19.5 Å². The zero-order valence-corrected chi connectivity index (χ0v) is 13.2. The van der Waals surface area contributed by atoms with Crippen LogP contribution in [0.5, 0.6) is 0 Å². The minimum Gasteiger partial charge on any atom is -0.481 e. The minimum absolute atomic E-state index is 0.0280. The summed E-state index contributed by atoms with van der Waals surface area (Å²) in [6, 6.07) is 3.09. The molecule has 21 heavy (non-hydrogen) atoms. The second-order valence-electron chi connectivity index (χ2n) is 4.52. The van der Waals surface area contributed by atoms with E-state index >= 15 is 0 Å². The number of rotatable bonds is 7. The second-order valence-corrected chi connectivity index (χ2v) is 6.32. The number of unbranched alkanes of at least 4 members (excludes halogenated alkanes) is 1. The van der Waals surface area contributed by atoms with Gasteiger partial charge in [-0.1, -0.05) is 11.6 Å². The number of thiophene rings is 1. The first-order chi connectivity index (χ1) is 9.88. The van der Waals surface area contributed by atoms with Gasteiger partial charge < -0.3 is 10.0 Å². The number of halogens is 1. The molecule has 3 amide bonds. The largest absolute Gasteiger partial charge is 0.481 e. The summed E-state index contributed by atoms with van der Waals surface area (Å²) in [6.07, 6.45) is 1.02. The molecule has 8 heteroatoms. The molecule has 0 aliphatic carbocycles. The predicted molar refractivity (Wildman–Crippen MR) is 80.4 cm³/mol. The average Bonchev–Trinajstić information content (AvgIpc) is 2.79. The Hall–Kier alpha value is -1.60. The number of aliphatic carboxylic acids is 1. The molecule has 1 heterocycles. The van der Waals surface area contributed by atoms with Crippen molar-refractivity contribution in [3.05, 3.63) is 21.3 Å². The van der Waals surface area contributed by atoms with Gasteiger partial charge in [0.05, 0.1) is 10.9 Å². The van der Waals surface area contributed by atoms with Gasteiger partial charge >= 0.3 is 12.0 Å². The Kier molecular flexibility index (Phi) is 7.18. The topological polar surface area (TPSA) is 86.7 Å². The van der Waals surface area contributed by atoms with E-state index in [1.54, 1.807) is 13.1 Å². The molecule has 1 aromatic heterocycles. The molecule has 116 valence electrons. The van der Waals surface area contributed by atoms with Crippen molar-refractivity contribution in [2.45, 2.75) is 32.2 Å². The third kappa shape index (κ3) is 7.10. The molecule has 0 aliphatic heterocycles. The molecule has 0 bridgehead atoms. The Morgan fingerprint density at radius 1 is 1.29 bits per heavy atom. The van der Waals surface area contributed by atoms with Crippen LogP contribution < -0.4 is 5.32 Å². The number of nitrogens with zero attached hydrogens (tertiary/aromatic N) is 1. The van der Waals surface area contributed by atoms with Gasteiger partial charge in [0.2, 0.25) is 5.91 Å². The van der Waals surface area contributed by atoms with E-state index in [0.717, 1.165) is 4.88 Å². The Labute approximate surface area is 131 Å². The minimum atomic E-state index is -0.888. The van der Waals surface area contributed by atoms with Crippen molar-refractivity contribution in [3.63, 3.8) is 0 Å². The number of hydrogen-bond acceptors (Lipinski definition) is 4. The van der Waals surface area contributed by atoms with Crippen LogP contribution in [0.4, 0.5) is 4.79 Å². The maximum Gasteiger partial charge on any atom is 0.324 e. The van der Waals surface area contributed by atoms with Crippen LogP contribution in [0, 0.1) is 0 Å². The Balaban J connectivity index is 2.28. The van der Waals surface area contributed by atoms with Crippen LogP contribution >= 0.6 is 22.9 Å². The molecule has 1 rings (SSSR count). The Bertz CT molecular complexity index is 518. The summed E-state index contributed by atoms with van der Waals surface area (Å²) in [6.45, 7) is 0.371. The maximum atomic E-state index is 11.8. The van der Waals surface area contributed by atoms with Crippen LogP contribution in [0.15, 0.2) is 12.1 Å². The molecule has 0 radical (unpaired) electrons. The molecular weight excluding hydrogens is 316 g/mol. The van der Waals surface area contributed by atoms with E-state index in [1.165, 1.54) is 16.2 Å². The zero-order valence-electron chi connectivity index (χ0n) is 11.6. The van der Waals surface area contributed by atoms with Crippen molar-refractivity contribution in [2.24, 2.45) is 0 Å². The standard InChI is InChI=1S/C13H17ClN2O4S/c1-16(8-9-6-7-10(14)21-9)13(20)15-11(17)4-2-3-5-12(18)19/h6-7H,2-5,8H2,1H3,(H,18,19)(H,15,17,20). The molecule has 0 spiro atoms. The molecule has 6 nitrogen and oxygen atoms in total. The summed E-state index contributed by atoms with van der Waals surface area (Å²) < 4.78 is 0.647. The molecule has 0 aromatic carbocycles. The number of carboxylic acid groups (broad SMARTS) is 1. The van der Waals surface area contributed by atoms with E-state index < -0.39 is 17.9 Å². The van der Waals surface area contributed by atoms with Gasteiger partial charge in [0.1, 0.15) is 0 Å². The molecular formula is C13H17ClN2O4S. The molecule has 0 saturated carbocycles. The Morgan fingerprint density at radius 3 is 2.52 bits per heavy atom. The highest BCUT2D eigenvalue weighted by atomic mass is 35.5. The first-order valence-corrected chi connectivity index (χ1v) is 7.59. The van der Waals surface area contributed by atoms with Crippen molar-refractivity contribution in [3.8, 4) is 0 Å². The van der Waals surface area contributed by atoms with E-state index in [-0.39, 0.29) is 12.8 Å². The quantitative estimate of drug-likeness (QED) is 0.752. The number of urea groups is 1. The van der Waals surface area contributed by atoms with E-state index in [9.17, 15) is 14.4 Å². The average molecular weight is 333 g/mol. The van der Waals surface area contributed by atoms with Gasteiger partial charge in [0.25, 0.3) is 0 Å². The number of imide groups is 1. The smallest absolute Gasteiger partial charge is 0.324 e. The van der Waals surface area contributed by atoms with Gasteiger partial charge in [-0.2, -0.15) is 0 Å². The number of carbonyl (C=O) groups is 3. The fraction of sp³-hybridized carbons (Fsp3) is 0.462. The van der Waals surface area contributed by atoms with Crippen LogP contribution in [0.2, 0.25) is 4.34 Å². The number of carboxylic acids is 1. The highest BCUT2D eigenvalue weighted by Crippen LogP contribution is 2.22. The first-order valence-electron chi connectivity index (χ1n) is 6.39. The summed E-state index contributed by atoms with van der Waals surface area (Å²) in [4.78, 5) is 35.9. The fourth-order valence-corrected chi connectivity index (χ4v) is 2.72. The van der Waals surface area contributed by atoms with Crippen LogP contribution in [0.1, 0.15) is 30.6 Å². The van der Waals surface area contributed by atoms with Gasteiger partial charge in [0, 0.05) is 24.8 Å². The lowest BCUT2D eigenvalue weighted by Gasteiger charge is -2.16. The van der Waals surface area contributed by atoms with Gasteiger partial charge in [-0.3, -0.25) is 14.9 Å². The van der Waals surface area contributed by atoms with Crippen molar-refractivity contribution in [1.82, 2.24) is 10.2 Å².